The Hall–Kier alpha value is -2.48. The van der Waals surface area contributed by atoms with Crippen LogP contribution in [0.15, 0.2) is 27.6 Å². The van der Waals surface area contributed by atoms with Gasteiger partial charge in [0.05, 0.1) is 6.54 Å². The SMILES string of the molecule is Cn1cccc(C(=O)NCc2nc(C3CCOCC3)no2)c1=O. The number of ether oxygens (including phenoxy) is 1. The first kappa shape index (κ1) is 15.4. The fraction of sp³-hybridized carbons (Fsp3) is 0.467. The molecule has 23 heavy (non-hydrogen) atoms. The highest BCUT2D eigenvalue weighted by Crippen LogP contribution is 2.24. The van der Waals surface area contributed by atoms with Gasteiger partial charge in [-0.05, 0) is 25.0 Å². The average Bonchev–Trinajstić information content (AvgIpc) is 3.05. The van der Waals surface area contributed by atoms with Gasteiger partial charge in [-0.3, -0.25) is 9.59 Å². The fourth-order valence-electron chi connectivity index (χ4n) is 2.48. The summed E-state index contributed by atoms with van der Waals surface area (Å²) in [6, 6.07) is 3.13. The number of carbonyl (C=O) groups is 1. The van der Waals surface area contributed by atoms with Gasteiger partial charge in [0.1, 0.15) is 5.56 Å². The second-order valence-electron chi connectivity index (χ2n) is 5.45. The van der Waals surface area contributed by atoms with Crippen LogP contribution in [0.4, 0.5) is 0 Å². The molecule has 0 radical (unpaired) electrons. The number of rotatable bonds is 4. The molecule has 1 N–H and O–H groups in total. The van der Waals surface area contributed by atoms with Gasteiger partial charge in [-0.2, -0.15) is 4.98 Å². The molecule has 1 saturated heterocycles. The molecule has 0 aliphatic carbocycles. The molecule has 1 aliphatic heterocycles. The van der Waals surface area contributed by atoms with Gasteiger partial charge < -0.3 is 19.1 Å². The maximum atomic E-state index is 12.1. The summed E-state index contributed by atoms with van der Waals surface area (Å²) >= 11 is 0. The molecule has 0 spiro atoms. The number of pyridine rings is 1. The number of aromatic nitrogens is 3. The van der Waals surface area contributed by atoms with Crippen molar-refractivity contribution in [3.63, 3.8) is 0 Å². The highest BCUT2D eigenvalue weighted by atomic mass is 16.5. The van der Waals surface area contributed by atoms with E-state index in [2.05, 4.69) is 15.5 Å². The predicted molar refractivity (Wildman–Crippen MR) is 79.9 cm³/mol. The lowest BCUT2D eigenvalue weighted by molar-refractivity contribution is 0.0830. The van der Waals surface area contributed by atoms with Gasteiger partial charge in [-0.1, -0.05) is 5.16 Å². The third kappa shape index (κ3) is 3.48. The highest BCUT2D eigenvalue weighted by Gasteiger charge is 2.21. The predicted octanol–water partition coefficient (Wildman–Crippen LogP) is 0.592. The van der Waals surface area contributed by atoms with Crippen molar-refractivity contribution >= 4 is 5.91 Å². The number of amides is 1. The molecule has 0 bridgehead atoms. The van der Waals surface area contributed by atoms with Crippen molar-refractivity contribution in [3.05, 3.63) is 46.0 Å². The normalized spacial score (nSPS) is 15.5. The third-order valence-electron chi connectivity index (χ3n) is 3.84. The summed E-state index contributed by atoms with van der Waals surface area (Å²) in [6.07, 6.45) is 3.33. The molecule has 122 valence electrons. The van der Waals surface area contributed by atoms with E-state index in [-0.39, 0.29) is 23.6 Å². The maximum absolute atomic E-state index is 12.1. The van der Waals surface area contributed by atoms with E-state index in [1.54, 1.807) is 19.3 Å². The minimum atomic E-state index is -0.461. The largest absolute Gasteiger partial charge is 0.381 e. The van der Waals surface area contributed by atoms with Crippen molar-refractivity contribution in [2.24, 2.45) is 7.05 Å². The highest BCUT2D eigenvalue weighted by molar-refractivity contribution is 5.93. The van der Waals surface area contributed by atoms with Gasteiger partial charge in [0.25, 0.3) is 11.5 Å². The van der Waals surface area contributed by atoms with Crippen LogP contribution < -0.4 is 10.9 Å². The van der Waals surface area contributed by atoms with Crippen LogP contribution >= 0.6 is 0 Å². The number of carbonyl (C=O) groups excluding carboxylic acids is 1. The van der Waals surface area contributed by atoms with Crippen molar-refractivity contribution in [2.45, 2.75) is 25.3 Å². The summed E-state index contributed by atoms with van der Waals surface area (Å²) in [5.41, 5.74) is -0.266. The van der Waals surface area contributed by atoms with Crippen LogP contribution in [-0.2, 0) is 18.3 Å². The van der Waals surface area contributed by atoms with Crippen molar-refractivity contribution in [1.82, 2.24) is 20.0 Å². The van der Waals surface area contributed by atoms with Gasteiger partial charge in [0, 0.05) is 32.4 Å². The molecule has 2 aromatic rings. The molecule has 0 aromatic carbocycles. The first-order chi connectivity index (χ1) is 11.1. The van der Waals surface area contributed by atoms with E-state index in [0.29, 0.717) is 24.9 Å². The molecule has 0 saturated carbocycles. The minimum Gasteiger partial charge on any atom is -0.381 e. The number of nitrogens with one attached hydrogen (secondary N) is 1. The van der Waals surface area contributed by atoms with Crippen LogP contribution in [-0.4, -0.2) is 33.8 Å². The Labute approximate surface area is 132 Å². The van der Waals surface area contributed by atoms with Crippen LogP contribution in [0.3, 0.4) is 0 Å². The molecular weight excluding hydrogens is 300 g/mol. The molecule has 1 amide bonds. The second kappa shape index (κ2) is 6.74. The summed E-state index contributed by atoms with van der Waals surface area (Å²) in [5.74, 6) is 0.746. The molecule has 0 atom stereocenters. The van der Waals surface area contributed by atoms with E-state index in [0.717, 1.165) is 12.8 Å². The molecule has 1 fully saturated rings. The summed E-state index contributed by atoms with van der Waals surface area (Å²) in [7, 11) is 1.59. The van der Waals surface area contributed by atoms with Crippen molar-refractivity contribution in [2.75, 3.05) is 13.2 Å². The van der Waals surface area contributed by atoms with Gasteiger partial charge in [0.15, 0.2) is 5.82 Å². The number of hydrogen-bond donors (Lipinski definition) is 1. The average molecular weight is 318 g/mol. The molecule has 3 rings (SSSR count). The Bertz CT molecular complexity index is 746. The van der Waals surface area contributed by atoms with Crippen LogP contribution in [0, 0.1) is 0 Å². The summed E-state index contributed by atoms with van der Waals surface area (Å²) in [5, 5.41) is 6.59. The summed E-state index contributed by atoms with van der Waals surface area (Å²) < 4.78 is 11.8. The topological polar surface area (TPSA) is 99.2 Å². The van der Waals surface area contributed by atoms with E-state index in [4.69, 9.17) is 9.26 Å². The second-order valence-corrected chi connectivity index (χ2v) is 5.45. The van der Waals surface area contributed by atoms with Crippen LogP contribution in [0.2, 0.25) is 0 Å². The molecule has 3 heterocycles. The van der Waals surface area contributed by atoms with Gasteiger partial charge in [-0.15, -0.1) is 0 Å². The van der Waals surface area contributed by atoms with Crippen LogP contribution in [0.5, 0.6) is 0 Å². The zero-order valence-electron chi connectivity index (χ0n) is 12.8. The zero-order valence-corrected chi connectivity index (χ0v) is 12.8. The van der Waals surface area contributed by atoms with Gasteiger partial charge in [-0.25, -0.2) is 0 Å². The fourth-order valence-corrected chi connectivity index (χ4v) is 2.48. The first-order valence-corrected chi connectivity index (χ1v) is 7.49. The number of nitrogens with zero attached hydrogens (tertiary/aromatic N) is 3. The van der Waals surface area contributed by atoms with Crippen LogP contribution in [0.25, 0.3) is 0 Å². The minimum absolute atomic E-state index is 0.0826. The summed E-state index contributed by atoms with van der Waals surface area (Å²) in [6.45, 7) is 1.48. The van der Waals surface area contributed by atoms with Gasteiger partial charge >= 0.3 is 0 Å². The lowest BCUT2D eigenvalue weighted by atomic mass is 10.00. The van der Waals surface area contributed by atoms with E-state index in [9.17, 15) is 9.59 Å². The Balaban J connectivity index is 1.62. The standard InChI is InChI=1S/C15H18N4O4/c1-19-6-2-3-11(15(19)21)14(20)16-9-12-17-13(18-23-12)10-4-7-22-8-5-10/h2-3,6,10H,4-5,7-9H2,1H3,(H,16,20). The number of hydrogen-bond acceptors (Lipinski definition) is 6. The molecule has 2 aromatic heterocycles. The van der Waals surface area contributed by atoms with Crippen molar-refractivity contribution in [3.8, 4) is 0 Å². The van der Waals surface area contributed by atoms with E-state index in [1.807, 2.05) is 0 Å². The number of aryl methyl sites for hydroxylation is 1. The van der Waals surface area contributed by atoms with Crippen molar-refractivity contribution < 1.29 is 14.1 Å². The zero-order chi connectivity index (χ0) is 16.2. The molecule has 8 nitrogen and oxygen atoms in total. The van der Waals surface area contributed by atoms with E-state index >= 15 is 0 Å². The Morgan fingerprint density at radius 2 is 2.22 bits per heavy atom. The summed E-state index contributed by atoms with van der Waals surface area (Å²) in [4.78, 5) is 28.2. The molecule has 0 unspecified atom stereocenters. The maximum Gasteiger partial charge on any atom is 0.263 e. The van der Waals surface area contributed by atoms with Gasteiger partial charge in [0.2, 0.25) is 5.89 Å². The Morgan fingerprint density at radius 3 is 3.00 bits per heavy atom. The first-order valence-electron chi connectivity index (χ1n) is 7.49. The Kier molecular flexibility index (Phi) is 4.52. The Morgan fingerprint density at radius 1 is 1.43 bits per heavy atom. The van der Waals surface area contributed by atoms with E-state index in [1.165, 1.54) is 10.6 Å². The van der Waals surface area contributed by atoms with Crippen LogP contribution in [0.1, 0.15) is 40.8 Å². The van der Waals surface area contributed by atoms with E-state index < -0.39 is 5.91 Å². The third-order valence-corrected chi connectivity index (χ3v) is 3.84. The van der Waals surface area contributed by atoms with Crippen molar-refractivity contribution in [1.29, 1.82) is 0 Å². The lowest BCUT2D eigenvalue weighted by Gasteiger charge is -2.18. The molecular formula is C15H18N4O4. The lowest BCUT2D eigenvalue weighted by Crippen LogP contribution is -2.31. The smallest absolute Gasteiger partial charge is 0.263 e. The molecule has 8 heteroatoms. The monoisotopic (exact) mass is 318 g/mol. The molecule has 1 aliphatic rings. The quantitative estimate of drug-likeness (QED) is 0.886.